The standard InChI is InChI=1S/C16H18BrN3O/c17-13-5-6-14(12-4-2-1-3-11(12)13)19-10-16(7-8-16)9-15(18)20-21/h1-6,19,21H,7-10H2,(H2,18,20). The zero-order chi connectivity index (χ0) is 14.9. The summed E-state index contributed by atoms with van der Waals surface area (Å²) in [7, 11) is 0. The van der Waals surface area contributed by atoms with E-state index in [4.69, 9.17) is 10.9 Å². The zero-order valence-electron chi connectivity index (χ0n) is 11.6. The summed E-state index contributed by atoms with van der Waals surface area (Å²) in [5.74, 6) is 0.315. The number of anilines is 1. The van der Waals surface area contributed by atoms with E-state index in [9.17, 15) is 0 Å². The van der Waals surface area contributed by atoms with E-state index in [2.05, 4.69) is 50.7 Å². The van der Waals surface area contributed by atoms with Crippen molar-refractivity contribution in [3.8, 4) is 0 Å². The minimum absolute atomic E-state index is 0.143. The van der Waals surface area contributed by atoms with Gasteiger partial charge in [0.1, 0.15) is 5.84 Å². The first kappa shape index (κ1) is 14.2. The van der Waals surface area contributed by atoms with Crippen LogP contribution in [-0.2, 0) is 0 Å². The average Bonchev–Trinajstić information content (AvgIpc) is 3.27. The third-order valence-corrected chi connectivity index (χ3v) is 4.86. The number of fused-ring (bicyclic) bond motifs is 1. The van der Waals surface area contributed by atoms with E-state index in [1.807, 2.05) is 12.1 Å². The Bertz CT molecular complexity index is 695. The number of nitrogens with zero attached hydrogens (tertiary/aromatic N) is 1. The van der Waals surface area contributed by atoms with E-state index < -0.39 is 0 Å². The lowest BCUT2D eigenvalue weighted by Gasteiger charge is -2.17. The molecule has 2 aromatic carbocycles. The van der Waals surface area contributed by atoms with Crippen LogP contribution in [0, 0.1) is 5.41 Å². The second-order valence-corrected chi connectivity index (χ2v) is 6.62. The maximum Gasteiger partial charge on any atom is 0.139 e. The largest absolute Gasteiger partial charge is 0.409 e. The first-order chi connectivity index (χ1) is 10.1. The maximum absolute atomic E-state index is 8.72. The smallest absolute Gasteiger partial charge is 0.139 e. The van der Waals surface area contributed by atoms with E-state index >= 15 is 0 Å². The summed E-state index contributed by atoms with van der Waals surface area (Å²) in [4.78, 5) is 0. The van der Waals surface area contributed by atoms with Crippen LogP contribution < -0.4 is 11.1 Å². The topological polar surface area (TPSA) is 70.6 Å². The number of rotatable bonds is 5. The molecular weight excluding hydrogens is 330 g/mol. The molecule has 0 spiro atoms. The summed E-state index contributed by atoms with van der Waals surface area (Å²) < 4.78 is 1.10. The van der Waals surface area contributed by atoms with Crippen molar-refractivity contribution in [1.82, 2.24) is 0 Å². The molecule has 110 valence electrons. The molecule has 0 aromatic heterocycles. The Labute approximate surface area is 132 Å². The van der Waals surface area contributed by atoms with E-state index in [1.54, 1.807) is 0 Å². The van der Waals surface area contributed by atoms with Gasteiger partial charge in [-0.3, -0.25) is 0 Å². The molecule has 4 N–H and O–H groups in total. The quantitative estimate of drug-likeness (QED) is 0.332. The first-order valence-corrected chi connectivity index (χ1v) is 7.80. The molecule has 1 aliphatic rings. The van der Waals surface area contributed by atoms with Gasteiger partial charge in [0, 0.05) is 28.5 Å². The van der Waals surface area contributed by atoms with Gasteiger partial charge in [-0.15, -0.1) is 0 Å². The van der Waals surface area contributed by atoms with Crippen LogP contribution in [0.4, 0.5) is 5.69 Å². The third kappa shape index (κ3) is 2.97. The predicted octanol–water partition coefficient (Wildman–Crippen LogP) is 3.93. The van der Waals surface area contributed by atoms with Crippen LogP contribution in [0.5, 0.6) is 0 Å². The second kappa shape index (κ2) is 5.56. The summed E-state index contributed by atoms with van der Waals surface area (Å²) in [5.41, 5.74) is 6.91. The average molecular weight is 348 g/mol. The summed E-state index contributed by atoms with van der Waals surface area (Å²) in [5, 5.41) is 17.7. The van der Waals surface area contributed by atoms with Gasteiger partial charge >= 0.3 is 0 Å². The zero-order valence-corrected chi connectivity index (χ0v) is 13.2. The highest BCUT2D eigenvalue weighted by molar-refractivity contribution is 9.10. The molecule has 0 atom stereocenters. The molecule has 0 unspecified atom stereocenters. The summed E-state index contributed by atoms with van der Waals surface area (Å²) in [6, 6.07) is 12.5. The number of nitrogens with one attached hydrogen (secondary N) is 1. The molecular formula is C16H18BrN3O. The highest BCUT2D eigenvalue weighted by Crippen LogP contribution is 2.49. The molecule has 0 heterocycles. The normalized spacial score (nSPS) is 16.9. The predicted molar refractivity (Wildman–Crippen MR) is 89.8 cm³/mol. The number of hydrogen-bond donors (Lipinski definition) is 3. The number of amidine groups is 1. The molecule has 5 heteroatoms. The van der Waals surface area contributed by atoms with Gasteiger partial charge in [0.15, 0.2) is 0 Å². The van der Waals surface area contributed by atoms with Crippen LogP contribution in [0.15, 0.2) is 46.0 Å². The summed E-state index contributed by atoms with van der Waals surface area (Å²) >= 11 is 3.59. The Morgan fingerprint density at radius 3 is 2.62 bits per heavy atom. The fraction of sp³-hybridized carbons (Fsp3) is 0.312. The van der Waals surface area contributed by atoms with Crippen LogP contribution in [0.25, 0.3) is 10.8 Å². The highest BCUT2D eigenvalue weighted by Gasteiger charge is 2.43. The Morgan fingerprint density at radius 2 is 1.95 bits per heavy atom. The van der Waals surface area contributed by atoms with Crippen LogP contribution in [-0.4, -0.2) is 17.6 Å². The van der Waals surface area contributed by atoms with Gasteiger partial charge in [-0.25, -0.2) is 0 Å². The van der Waals surface area contributed by atoms with Gasteiger partial charge in [-0.2, -0.15) is 0 Å². The first-order valence-electron chi connectivity index (χ1n) is 7.01. The van der Waals surface area contributed by atoms with Crippen LogP contribution in [0.3, 0.4) is 0 Å². The van der Waals surface area contributed by atoms with Crippen LogP contribution in [0.2, 0.25) is 0 Å². The molecule has 0 bridgehead atoms. The van der Waals surface area contributed by atoms with E-state index in [-0.39, 0.29) is 5.41 Å². The number of oxime groups is 1. The molecule has 21 heavy (non-hydrogen) atoms. The van der Waals surface area contributed by atoms with Gasteiger partial charge in [-0.1, -0.05) is 45.4 Å². The van der Waals surface area contributed by atoms with Crippen molar-refractivity contribution in [3.63, 3.8) is 0 Å². The SMILES string of the molecule is N/C(CC1(CNc2ccc(Br)c3ccccc23)CC1)=N/O. The lowest BCUT2D eigenvalue weighted by molar-refractivity contribution is 0.315. The molecule has 4 nitrogen and oxygen atoms in total. The second-order valence-electron chi connectivity index (χ2n) is 5.76. The minimum atomic E-state index is 0.143. The Balaban J connectivity index is 1.79. The number of halogens is 1. The summed E-state index contributed by atoms with van der Waals surface area (Å²) in [6.07, 6.45) is 2.88. The van der Waals surface area contributed by atoms with Crippen molar-refractivity contribution in [2.75, 3.05) is 11.9 Å². The summed E-state index contributed by atoms with van der Waals surface area (Å²) in [6.45, 7) is 0.842. The lowest BCUT2D eigenvalue weighted by Crippen LogP contribution is -2.23. The third-order valence-electron chi connectivity index (χ3n) is 4.17. The van der Waals surface area contributed by atoms with Gasteiger partial charge in [0.2, 0.25) is 0 Å². The fourth-order valence-corrected chi connectivity index (χ4v) is 3.19. The molecule has 2 aromatic rings. The van der Waals surface area contributed by atoms with E-state index in [1.165, 1.54) is 10.8 Å². The minimum Gasteiger partial charge on any atom is -0.409 e. The molecule has 3 rings (SSSR count). The molecule has 1 fully saturated rings. The van der Waals surface area contributed by atoms with Crippen molar-refractivity contribution in [1.29, 1.82) is 0 Å². The Kier molecular flexibility index (Phi) is 3.76. The highest BCUT2D eigenvalue weighted by atomic mass is 79.9. The lowest BCUT2D eigenvalue weighted by atomic mass is 10.0. The number of nitrogens with two attached hydrogens (primary N) is 1. The van der Waals surface area contributed by atoms with Gasteiger partial charge in [0.25, 0.3) is 0 Å². The van der Waals surface area contributed by atoms with Crippen molar-refractivity contribution in [2.24, 2.45) is 16.3 Å². The van der Waals surface area contributed by atoms with Crippen LogP contribution >= 0.6 is 15.9 Å². The number of hydrogen-bond acceptors (Lipinski definition) is 3. The molecule has 1 aliphatic carbocycles. The molecule has 0 saturated heterocycles. The fourth-order valence-electron chi connectivity index (χ4n) is 2.71. The molecule has 1 saturated carbocycles. The number of benzene rings is 2. The van der Waals surface area contributed by atoms with Crippen molar-refractivity contribution < 1.29 is 5.21 Å². The van der Waals surface area contributed by atoms with Crippen molar-refractivity contribution in [2.45, 2.75) is 19.3 Å². The molecule has 0 radical (unpaired) electrons. The molecule has 0 amide bonds. The van der Waals surface area contributed by atoms with Gasteiger partial charge in [-0.05, 0) is 35.8 Å². The van der Waals surface area contributed by atoms with Crippen LogP contribution in [0.1, 0.15) is 19.3 Å². The van der Waals surface area contributed by atoms with Crippen molar-refractivity contribution in [3.05, 3.63) is 40.9 Å². The monoisotopic (exact) mass is 347 g/mol. The van der Waals surface area contributed by atoms with E-state index in [0.717, 1.165) is 29.5 Å². The Morgan fingerprint density at radius 1 is 1.24 bits per heavy atom. The van der Waals surface area contributed by atoms with E-state index in [0.29, 0.717) is 12.3 Å². The van der Waals surface area contributed by atoms with Crippen molar-refractivity contribution >= 4 is 38.2 Å². The molecule has 0 aliphatic heterocycles. The van der Waals surface area contributed by atoms with Gasteiger partial charge in [0.05, 0.1) is 0 Å². The van der Waals surface area contributed by atoms with Gasteiger partial charge < -0.3 is 16.3 Å². The maximum atomic E-state index is 8.72. The Hall–Kier alpha value is -1.75.